The monoisotopic (exact) mass is 382 g/mol. The zero-order valence-electron chi connectivity index (χ0n) is 13.5. The van der Waals surface area contributed by atoms with E-state index < -0.39 is 47.7 Å². The van der Waals surface area contributed by atoms with Crippen LogP contribution in [0.2, 0.25) is 0 Å². The van der Waals surface area contributed by atoms with Gasteiger partial charge in [0.2, 0.25) is 5.91 Å². The van der Waals surface area contributed by atoms with E-state index in [0.29, 0.717) is 0 Å². The molecule has 10 heteroatoms. The van der Waals surface area contributed by atoms with Gasteiger partial charge < -0.3 is 10.4 Å². The van der Waals surface area contributed by atoms with E-state index in [0.717, 1.165) is 12.1 Å². The highest BCUT2D eigenvalue weighted by Crippen LogP contribution is 2.25. The van der Waals surface area contributed by atoms with Crippen molar-refractivity contribution in [3.63, 3.8) is 0 Å². The molecule has 0 bridgehead atoms. The molecule has 0 saturated carbocycles. The first-order valence-electron chi connectivity index (χ1n) is 7.43. The van der Waals surface area contributed by atoms with Crippen LogP contribution in [0.4, 0.5) is 13.2 Å². The van der Waals surface area contributed by atoms with Gasteiger partial charge in [0.25, 0.3) is 5.91 Å². The Labute approximate surface area is 150 Å². The quantitative estimate of drug-likeness (QED) is 0.264. The van der Waals surface area contributed by atoms with E-state index in [2.05, 4.69) is 5.32 Å². The van der Waals surface area contributed by atoms with Gasteiger partial charge in [0.05, 0.1) is 0 Å². The Hall–Kier alpha value is -3.40. The van der Waals surface area contributed by atoms with Crippen molar-refractivity contribution in [1.82, 2.24) is 10.8 Å². The average molecular weight is 382 g/mol. The third-order valence-corrected chi connectivity index (χ3v) is 3.55. The minimum absolute atomic E-state index is 0.0380. The summed E-state index contributed by atoms with van der Waals surface area (Å²) in [6.45, 7) is 0. The van der Waals surface area contributed by atoms with E-state index in [4.69, 9.17) is 10.3 Å². The standard InChI is InChI=1S/C17H13F3N2O5/c18-11-5-10(6-12(19)15(11)20)8-1-3-9(4-2-8)16(17(26)22-27)21-13(23)7-14(24)25/h1-6,16,27H,7H2,(H,21,23)(H,22,26)(H,24,25). The number of carbonyl (C=O) groups excluding carboxylic acids is 2. The van der Waals surface area contributed by atoms with Crippen molar-refractivity contribution < 1.29 is 37.9 Å². The minimum Gasteiger partial charge on any atom is -0.481 e. The molecule has 1 atom stereocenters. The Balaban J connectivity index is 2.30. The van der Waals surface area contributed by atoms with Gasteiger partial charge in [0.1, 0.15) is 12.5 Å². The zero-order chi connectivity index (χ0) is 20.1. The molecule has 2 amide bonds. The second-order valence-electron chi connectivity index (χ2n) is 5.42. The topological polar surface area (TPSA) is 116 Å². The number of hydroxylamine groups is 1. The molecule has 4 N–H and O–H groups in total. The molecule has 0 fully saturated rings. The van der Waals surface area contributed by atoms with Crippen LogP contribution in [-0.2, 0) is 14.4 Å². The third kappa shape index (κ3) is 4.82. The van der Waals surface area contributed by atoms with Gasteiger partial charge in [-0.1, -0.05) is 24.3 Å². The van der Waals surface area contributed by atoms with Crippen molar-refractivity contribution in [2.75, 3.05) is 0 Å². The molecule has 0 saturated heterocycles. The minimum atomic E-state index is -1.60. The van der Waals surface area contributed by atoms with Gasteiger partial charge in [-0.05, 0) is 28.8 Å². The molecule has 2 aromatic carbocycles. The van der Waals surface area contributed by atoms with E-state index in [1.807, 2.05) is 0 Å². The lowest BCUT2D eigenvalue weighted by Gasteiger charge is -2.17. The van der Waals surface area contributed by atoms with E-state index >= 15 is 0 Å². The molecule has 0 aliphatic carbocycles. The molecular weight excluding hydrogens is 369 g/mol. The molecule has 0 aliphatic heterocycles. The summed E-state index contributed by atoms with van der Waals surface area (Å²) in [5.74, 6) is -7.74. The predicted molar refractivity (Wildman–Crippen MR) is 84.8 cm³/mol. The summed E-state index contributed by atoms with van der Waals surface area (Å²) < 4.78 is 39.7. The normalized spacial score (nSPS) is 11.6. The largest absolute Gasteiger partial charge is 0.481 e. The van der Waals surface area contributed by atoms with Crippen molar-refractivity contribution in [1.29, 1.82) is 0 Å². The van der Waals surface area contributed by atoms with Gasteiger partial charge in [0.15, 0.2) is 17.5 Å². The maximum atomic E-state index is 13.3. The second-order valence-corrected chi connectivity index (χ2v) is 5.42. The number of rotatable bonds is 6. The van der Waals surface area contributed by atoms with E-state index in [-0.39, 0.29) is 16.7 Å². The molecule has 142 valence electrons. The Morgan fingerprint density at radius 2 is 1.52 bits per heavy atom. The summed E-state index contributed by atoms with van der Waals surface area (Å²) in [6.07, 6.45) is -0.887. The highest BCUT2D eigenvalue weighted by atomic mass is 19.2. The molecular formula is C17H13F3N2O5. The molecule has 0 aromatic heterocycles. The lowest BCUT2D eigenvalue weighted by atomic mass is 10.00. The van der Waals surface area contributed by atoms with E-state index in [9.17, 15) is 27.6 Å². The van der Waals surface area contributed by atoms with Crippen LogP contribution in [-0.4, -0.2) is 28.1 Å². The van der Waals surface area contributed by atoms with Crippen molar-refractivity contribution in [3.05, 3.63) is 59.4 Å². The molecule has 2 aromatic rings. The summed E-state index contributed by atoms with van der Waals surface area (Å²) in [5, 5.41) is 19.5. The highest BCUT2D eigenvalue weighted by molar-refractivity contribution is 5.96. The van der Waals surface area contributed by atoms with Crippen LogP contribution in [0.5, 0.6) is 0 Å². The van der Waals surface area contributed by atoms with Crippen molar-refractivity contribution >= 4 is 17.8 Å². The molecule has 0 heterocycles. The van der Waals surface area contributed by atoms with Crippen LogP contribution >= 0.6 is 0 Å². The van der Waals surface area contributed by atoms with E-state index in [1.54, 1.807) is 0 Å². The predicted octanol–water partition coefficient (Wildman–Crippen LogP) is 1.91. The van der Waals surface area contributed by atoms with Gasteiger partial charge in [-0.15, -0.1) is 0 Å². The fraction of sp³-hybridized carbons (Fsp3) is 0.118. The first kappa shape index (κ1) is 19.9. The first-order chi connectivity index (χ1) is 12.7. The number of aliphatic carboxylic acids is 1. The van der Waals surface area contributed by atoms with Crippen LogP contribution in [0, 0.1) is 17.5 Å². The fourth-order valence-corrected chi connectivity index (χ4v) is 2.30. The summed E-state index contributed by atoms with van der Waals surface area (Å²) in [4.78, 5) is 33.9. The van der Waals surface area contributed by atoms with Crippen molar-refractivity contribution in [2.45, 2.75) is 12.5 Å². The number of benzene rings is 2. The first-order valence-corrected chi connectivity index (χ1v) is 7.43. The summed E-state index contributed by atoms with van der Waals surface area (Å²) in [5.41, 5.74) is 1.83. The smallest absolute Gasteiger partial charge is 0.312 e. The molecule has 7 nitrogen and oxygen atoms in total. The van der Waals surface area contributed by atoms with E-state index in [1.165, 1.54) is 29.7 Å². The number of nitrogens with one attached hydrogen (secondary N) is 2. The number of halogens is 3. The Bertz CT molecular complexity index is 864. The van der Waals surface area contributed by atoms with Gasteiger partial charge in [-0.3, -0.25) is 19.6 Å². The SMILES string of the molecule is O=C(O)CC(=O)NC(C(=O)NO)c1ccc(-c2cc(F)c(F)c(F)c2)cc1. The number of hydrogen-bond donors (Lipinski definition) is 4. The molecule has 1 unspecified atom stereocenters. The second kappa shape index (κ2) is 8.32. The number of hydrogen-bond acceptors (Lipinski definition) is 4. The van der Waals surface area contributed by atoms with Crippen LogP contribution in [0.25, 0.3) is 11.1 Å². The highest BCUT2D eigenvalue weighted by Gasteiger charge is 2.23. The van der Waals surface area contributed by atoms with Crippen LogP contribution in [0.1, 0.15) is 18.0 Å². The number of carboxylic acid groups (broad SMARTS) is 1. The zero-order valence-corrected chi connectivity index (χ0v) is 13.5. The molecule has 27 heavy (non-hydrogen) atoms. The number of carbonyl (C=O) groups is 3. The third-order valence-electron chi connectivity index (χ3n) is 3.55. The van der Waals surface area contributed by atoms with Gasteiger partial charge in [0, 0.05) is 0 Å². The number of carboxylic acids is 1. The van der Waals surface area contributed by atoms with Crippen LogP contribution in [0.3, 0.4) is 0 Å². The lowest BCUT2D eigenvalue weighted by Crippen LogP contribution is -2.39. The van der Waals surface area contributed by atoms with Gasteiger partial charge in [-0.25, -0.2) is 18.7 Å². The average Bonchev–Trinajstić information content (AvgIpc) is 2.62. The molecule has 0 spiro atoms. The maximum absolute atomic E-state index is 13.3. The van der Waals surface area contributed by atoms with Gasteiger partial charge >= 0.3 is 5.97 Å². The summed E-state index contributed by atoms with van der Waals surface area (Å²) in [6, 6.07) is 5.51. The van der Waals surface area contributed by atoms with Gasteiger partial charge in [-0.2, -0.15) is 0 Å². The summed E-state index contributed by atoms with van der Waals surface area (Å²) in [7, 11) is 0. The molecule has 0 aliphatic rings. The van der Waals surface area contributed by atoms with Crippen LogP contribution in [0.15, 0.2) is 36.4 Å². The number of amides is 2. The Kier molecular flexibility index (Phi) is 6.14. The molecule has 0 radical (unpaired) electrons. The van der Waals surface area contributed by atoms with Crippen molar-refractivity contribution in [3.8, 4) is 11.1 Å². The lowest BCUT2D eigenvalue weighted by molar-refractivity contribution is -0.142. The fourth-order valence-electron chi connectivity index (χ4n) is 2.30. The maximum Gasteiger partial charge on any atom is 0.312 e. The van der Waals surface area contributed by atoms with Crippen LogP contribution < -0.4 is 10.8 Å². The molecule has 2 rings (SSSR count). The van der Waals surface area contributed by atoms with Crippen molar-refractivity contribution in [2.24, 2.45) is 0 Å². The summed E-state index contributed by atoms with van der Waals surface area (Å²) >= 11 is 0. The Morgan fingerprint density at radius 1 is 0.963 bits per heavy atom. The Morgan fingerprint density at radius 3 is 2.00 bits per heavy atom.